The van der Waals surface area contributed by atoms with E-state index in [2.05, 4.69) is 23.5 Å². The molecule has 0 radical (unpaired) electrons. The van der Waals surface area contributed by atoms with E-state index in [1.165, 1.54) is 6.08 Å². The van der Waals surface area contributed by atoms with E-state index in [-0.39, 0.29) is 5.57 Å². The third-order valence-electron chi connectivity index (χ3n) is 6.07. The molecule has 4 rings (SSSR count). The van der Waals surface area contributed by atoms with Crippen molar-refractivity contribution in [3.05, 3.63) is 98.6 Å². The maximum absolute atomic E-state index is 13.2. The van der Waals surface area contributed by atoms with Gasteiger partial charge in [-0.2, -0.15) is 0 Å². The summed E-state index contributed by atoms with van der Waals surface area (Å²) < 4.78 is 5.61. The normalized spacial score (nSPS) is 14.9. The first-order valence-electron chi connectivity index (χ1n) is 11.6. The average Bonchev–Trinajstić information content (AvgIpc) is 2.83. The fourth-order valence-electron chi connectivity index (χ4n) is 4.38. The van der Waals surface area contributed by atoms with Gasteiger partial charge in [-0.1, -0.05) is 60.0 Å². The Labute approximate surface area is 215 Å². The lowest BCUT2D eigenvalue weighted by Gasteiger charge is -2.26. The molecule has 0 aliphatic carbocycles. The average molecular weight is 503 g/mol. The number of amides is 4. The summed E-state index contributed by atoms with van der Waals surface area (Å²) in [4.78, 5) is 39.3. The van der Waals surface area contributed by atoms with Gasteiger partial charge in [-0.3, -0.25) is 14.9 Å². The van der Waals surface area contributed by atoms with E-state index in [0.717, 1.165) is 39.1 Å². The lowest BCUT2D eigenvalue weighted by molar-refractivity contribution is -0.122. The summed E-state index contributed by atoms with van der Waals surface area (Å²) in [6, 6.07) is 16.0. The number of hydrogen-bond donors (Lipinski definition) is 1. The van der Waals surface area contributed by atoms with E-state index in [0.29, 0.717) is 28.4 Å². The number of methoxy groups -OCH3 is 1. The second kappa shape index (κ2) is 10.4. The fourth-order valence-corrected chi connectivity index (χ4v) is 4.67. The van der Waals surface area contributed by atoms with E-state index in [1.807, 2.05) is 32.9 Å². The zero-order chi connectivity index (χ0) is 26.0. The summed E-state index contributed by atoms with van der Waals surface area (Å²) in [5.41, 5.74) is 6.01. The summed E-state index contributed by atoms with van der Waals surface area (Å²) in [6.07, 6.45) is 2.81. The molecule has 0 atom stereocenters. The van der Waals surface area contributed by atoms with Gasteiger partial charge in [0.05, 0.1) is 12.8 Å². The van der Waals surface area contributed by atoms with Crippen LogP contribution in [0.5, 0.6) is 5.75 Å². The first kappa shape index (κ1) is 25.2. The van der Waals surface area contributed by atoms with Gasteiger partial charge in [-0.05, 0) is 67.3 Å². The smallest absolute Gasteiger partial charge is 0.335 e. The van der Waals surface area contributed by atoms with Crippen LogP contribution in [0.4, 0.5) is 10.5 Å². The quantitative estimate of drug-likeness (QED) is 0.342. The Morgan fingerprint density at radius 1 is 0.944 bits per heavy atom. The van der Waals surface area contributed by atoms with E-state index in [9.17, 15) is 14.4 Å². The van der Waals surface area contributed by atoms with Crippen molar-refractivity contribution in [3.63, 3.8) is 0 Å². The third kappa shape index (κ3) is 5.19. The minimum atomic E-state index is -0.786. The summed E-state index contributed by atoms with van der Waals surface area (Å²) in [6.45, 7) is 6.10. The van der Waals surface area contributed by atoms with Crippen LogP contribution in [0.15, 0.2) is 60.2 Å². The van der Waals surface area contributed by atoms with Crippen LogP contribution in [0, 0.1) is 13.8 Å². The number of rotatable bonds is 6. The van der Waals surface area contributed by atoms with E-state index >= 15 is 0 Å². The van der Waals surface area contributed by atoms with Gasteiger partial charge in [0.2, 0.25) is 0 Å². The number of ether oxygens (including phenoxy) is 1. The van der Waals surface area contributed by atoms with Gasteiger partial charge in [0.25, 0.3) is 11.8 Å². The Morgan fingerprint density at radius 3 is 2.22 bits per heavy atom. The number of aryl methyl sites for hydroxylation is 3. The van der Waals surface area contributed by atoms with Gasteiger partial charge >= 0.3 is 6.03 Å². The number of urea groups is 1. The van der Waals surface area contributed by atoms with Crippen molar-refractivity contribution in [2.75, 3.05) is 12.0 Å². The SMILES string of the molecule is CCc1ccc(N2C(=O)NC(=O)/C(=C\c3cc(Cl)c(Cc4cc(C)cc(C)c4)c(OC)c3)C2=O)cc1. The van der Waals surface area contributed by atoms with Crippen LogP contribution in [0.3, 0.4) is 0 Å². The minimum Gasteiger partial charge on any atom is -0.496 e. The molecule has 1 aliphatic heterocycles. The van der Waals surface area contributed by atoms with Gasteiger partial charge in [-0.25, -0.2) is 9.69 Å². The van der Waals surface area contributed by atoms with Crippen molar-refractivity contribution in [2.24, 2.45) is 0 Å². The van der Waals surface area contributed by atoms with Crippen molar-refractivity contribution < 1.29 is 19.1 Å². The summed E-state index contributed by atoms with van der Waals surface area (Å²) in [5.74, 6) is -0.927. The Hall–Kier alpha value is -3.90. The molecule has 1 N–H and O–H groups in total. The lowest BCUT2D eigenvalue weighted by atomic mass is 9.98. The molecule has 0 spiro atoms. The lowest BCUT2D eigenvalue weighted by Crippen LogP contribution is -2.54. The molecule has 0 bridgehead atoms. The van der Waals surface area contributed by atoms with E-state index < -0.39 is 17.8 Å². The number of hydrogen-bond acceptors (Lipinski definition) is 4. The standard InChI is InChI=1S/C29H27ClN2O4/c1-5-19-6-8-22(9-7-19)32-28(34)24(27(33)31-29(32)35)14-21-15-25(30)23(26(16-21)36-4)13-20-11-17(2)10-18(3)12-20/h6-12,14-16H,5,13H2,1-4H3,(H,31,33,35)/b24-14+. The summed E-state index contributed by atoms with van der Waals surface area (Å²) in [5, 5.41) is 2.70. The molecule has 3 aromatic carbocycles. The summed E-state index contributed by atoms with van der Waals surface area (Å²) >= 11 is 6.65. The number of carbonyl (C=O) groups excluding carboxylic acids is 3. The molecule has 0 saturated carbocycles. The zero-order valence-corrected chi connectivity index (χ0v) is 21.4. The second-order valence-electron chi connectivity index (χ2n) is 8.83. The Bertz CT molecular complexity index is 1370. The van der Waals surface area contributed by atoms with Crippen molar-refractivity contribution >= 4 is 41.2 Å². The molecular weight excluding hydrogens is 476 g/mol. The van der Waals surface area contributed by atoms with Gasteiger partial charge in [0, 0.05) is 17.0 Å². The van der Waals surface area contributed by atoms with E-state index in [4.69, 9.17) is 16.3 Å². The number of carbonyl (C=O) groups is 3. The van der Waals surface area contributed by atoms with Crippen LogP contribution >= 0.6 is 11.6 Å². The highest BCUT2D eigenvalue weighted by atomic mass is 35.5. The van der Waals surface area contributed by atoms with Crippen molar-refractivity contribution in [1.29, 1.82) is 0 Å². The Morgan fingerprint density at radius 2 is 1.61 bits per heavy atom. The maximum atomic E-state index is 13.2. The zero-order valence-electron chi connectivity index (χ0n) is 20.6. The monoisotopic (exact) mass is 502 g/mol. The number of barbiturate groups is 1. The molecule has 0 unspecified atom stereocenters. The number of benzene rings is 3. The van der Waals surface area contributed by atoms with Crippen LogP contribution in [0.1, 0.15) is 40.3 Å². The fraction of sp³-hybridized carbons (Fsp3) is 0.207. The molecule has 4 amide bonds. The number of imide groups is 2. The molecule has 1 aliphatic rings. The van der Waals surface area contributed by atoms with Gasteiger partial charge in [-0.15, -0.1) is 0 Å². The van der Waals surface area contributed by atoms with Crippen LogP contribution < -0.4 is 15.0 Å². The van der Waals surface area contributed by atoms with Crippen LogP contribution in [-0.4, -0.2) is 25.0 Å². The number of nitrogens with one attached hydrogen (secondary N) is 1. The van der Waals surface area contributed by atoms with Crippen molar-refractivity contribution in [1.82, 2.24) is 5.32 Å². The predicted octanol–water partition coefficient (Wildman–Crippen LogP) is 5.79. The molecule has 184 valence electrons. The van der Waals surface area contributed by atoms with Crippen LogP contribution in [0.2, 0.25) is 5.02 Å². The maximum Gasteiger partial charge on any atom is 0.335 e. The molecule has 0 aromatic heterocycles. The third-order valence-corrected chi connectivity index (χ3v) is 6.41. The predicted molar refractivity (Wildman–Crippen MR) is 142 cm³/mol. The number of anilines is 1. The first-order chi connectivity index (χ1) is 17.2. The Balaban J connectivity index is 1.69. The molecule has 3 aromatic rings. The van der Waals surface area contributed by atoms with Crippen molar-refractivity contribution in [2.45, 2.75) is 33.6 Å². The molecule has 1 heterocycles. The van der Waals surface area contributed by atoms with E-state index in [1.54, 1.807) is 31.4 Å². The highest BCUT2D eigenvalue weighted by Crippen LogP contribution is 2.33. The largest absolute Gasteiger partial charge is 0.496 e. The van der Waals surface area contributed by atoms with Crippen LogP contribution in [0.25, 0.3) is 6.08 Å². The summed E-state index contributed by atoms with van der Waals surface area (Å²) in [7, 11) is 1.55. The van der Waals surface area contributed by atoms with Gasteiger partial charge in [0.1, 0.15) is 11.3 Å². The molecule has 6 nitrogen and oxygen atoms in total. The molecular formula is C29H27ClN2O4. The van der Waals surface area contributed by atoms with Gasteiger partial charge < -0.3 is 4.74 Å². The number of nitrogens with zero attached hydrogens (tertiary/aromatic N) is 1. The minimum absolute atomic E-state index is 0.172. The molecule has 1 fully saturated rings. The Kier molecular flexibility index (Phi) is 7.27. The highest BCUT2D eigenvalue weighted by molar-refractivity contribution is 6.39. The van der Waals surface area contributed by atoms with Crippen molar-refractivity contribution in [3.8, 4) is 5.75 Å². The molecule has 7 heteroatoms. The second-order valence-corrected chi connectivity index (χ2v) is 9.24. The highest BCUT2D eigenvalue weighted by Gasteiger charge is 2.36. The number of halogens is 1. The van der Waals surface area contributed by atoms with Crippen LogP contribution in [-0.2, 0) is 22.4 Å². The molecule has 1 saturated heterocycles. The molecule has 36 heavy (non-hydrogen) atoms. The first-order valence-corrected chi connectivity index (χ1v) is 12.0. The van der Waals surface area contributed by atoms with Gasteiger partial charge in [0.15, 0.2) is 0 Å². The topological polar surface area (TPSA) is 75.7 Å².